The number of halogens is 4. The molecule has 37 heavy (non-hydrogen) atoms. The fraction of sp³-hybridized carbons (Fsp3) is 0.370. The van der Waals surface area contributed by atoms with E-state index in [9.17, 15) is 18.0 Å². The molecule has 3 aromatic rings. The van der Waals surface area contributed by atoms with E-state index in [2.05, 4.69) is 32.5 Å². The van der Waals surface area contributed by atoms with E-state index in [0.717, 1.165) is 28.2 Å². The minimum absolute atomic E-state index is 0.0604. The average molecular weight is 530 g/mol. The van der Waals surface area contributed by atoms with E-state index in [1.54, 1.807) is 18.5 Å². The Morgan fingerprint density at radius 3 is 2.59 bits per heavy atom. The normalized spacial score (nSPS) is 17.4. The van der Waals surface area contributed by atoms with Crippen molar-refractivity contribution in [3.05, 3.63) is 64.9 Å². The molecule has 0 spiro atoms. The van der Waals surface area contributed by atoms with E-state index >= 15 is 0 Å². The Hall–Kier alpha value is -3.33. The zero-order valence-corrected chi connectivity index (χ0v) is 21.0. The van der Waals surface area contributed by atoms with Gasteiger partial charge in [0.25, 0.3) is 0 Å². The molecule has 1 saturated carbocycles. The minimum Gasteiger partial charge on any atom is -0.384 e. The number of aromatic nitrogens is 2. The number of rotatable bonds is 7. The number of anilines is 3. The molecule has 0 amide bonds. The molecule has 0 radical (unpaired) electrons. The molecule has 0 bridgehead atoms. The summed E-state index contributed by atoms with van der Waals surface area (Å²) in [6, 6.07) is 14.0. The van der Waals surface area contributed by atoms with Crippen molar-refractivity contribution in [2.45, 2.75) is 44.4 Å². The van der Waals surface area contributed by atoms with Crippen molar-refractivity contribution in [2.24, 2.45) is 5.92 Å². The number of ketones is 1. The largest absolute Gasteiger partial charge is 0.450 e. The third kappa shape index (κ3) is 5.66. The lowest BCUT2D eigenvalue weighted by Gasteiger charge is -2.18. The van der Waals surface area contributed by atoms with Crippen molar-refractivity contribution in [2.75, 3.05) is 29.1 Å². The van der Waals surface area contributed by atoms with Crippen molar-refractivity contribution in [3.63, 3.8) is 0 Å². The topological polar surface area (TPSA) is 70.2 Å². The van der Waals surface area contributed by atoms with Crippen LogP contribution in [0.3, 0.4) is 0 Å². The molecule has 1 aromatic heterocycles. The molecular weight excluding hydrogens is 503 g/mol. The summed E-state index contributed by atoms with van der Waals surface area (Å²) in [5.74, 6) is -1.91. The number of hydrogen-bond acceptors (Lipinski definition) is 6. The first-order valence-electron chi connectivity index (χ1n) is 12.2. The number of nitrogens with one attached hydrogen (secondary N) is 2. The van der Waals surface area contributed by atoms with Gasteiger partial charge in [-0.25, -0.2) is 9.97 Å². The fourth-order valence-electron chi connectivity index (χ4n) is 4.68. The number of nitrogens with zero attached hydrogens (tertiary/aromatic N) is 3. The zero-order chi connectivity index (χ0) is 26.2. The van der Waals surface area contributed by atoms with Gasteiger partial charge in [0.2, 0.25) is 5.78 Å². The monoisotopic (exact) mass is 529 g/mol. The summed E-state index contributed by atoms with van der Waals surface area (Å²) in [5, 5.41) is 6.84. The van der Waals surface area contributed by atoms with E-state index in [1.807, 2.05) is 30.3 Å². The van der Waals surface area contributed by atoms with Gasteiger partial charge in [-0.05, 0) is 48.9 Å². The maximum absolute atomic E-state index is 13.0. The van der Waals surface area contributed by atoms with Crippen molar-refractivity contribution < 1.29 is 18.0 Å². The molecule has 10 heteroatoms. The summed E-state index contributed by atoms with van der Waals surface area (Å²) in [5.41, 5.74) is 4.98. The Labute approximate surface area is 218 Å². The zero-order valence-electron chi connectivity index (χ0n) is 20.3. The van der Waals surface area contributed by atoms with Crippen LogP contribution in [0.25, 0.3) is 11.3 Å². The molecule has 6 nitrogen and oxygen atoms in total. The molecule has 2 heterocycles. The maximum Gasteiger partial charge on any atom is 0.450 e. The molecule has 0 saturated heterocycles. The summed E-state index contributed by atoms with van der Waals surface area (Å²) in [7, 11) is 2.05. The van der Waals surface area contributed by atoms with Crippen LogP contribution >= 0.6 is 11.6 Å². The van der Waals surface area contributed by atoms with Gasteiger partial charge in [0.05, 0.1) is 16.4 Å². The van der Waals surface area contributed by atoms with Gasteiger partial charge in [0, 0.05) is 49.4 Å². The highest BCUT2D eigenvalue weighted by Crippen LogP contribution is 2.37. The second-order valence-corrected chi connectivity index (χ2v) is 9.99. The Morgan fingerprint density at radius 2 is 1.89 bits per heavy atom. The van der Waals surface area contributed by atoms with Crippen LogP contribution in [0.1, 0.15) is 30.4 Å². The van der Waals surface area contributed by atoms with Crippen LogP contribution in [0.4, 0.5) is 30.4 Å². The lowest BCUT2D eigenvalue weighted by molar-refractivity contribution is -0.175. The molecule has 5 rings (SSSR count). The van der Waals surface area contributed by atoms with Crippen LogP contribution in [0.15, 0.2) is 48.8 Å². The van der Waals surface area contributed by atoms with Crippen molar-refractivity contribution in [1.82, 2.24) is 9.97 Å². The SMILES string of the molecule is CN(c1cc(-c2ccc(CNc3c(Cl)ccc4c3CCC(C(=O)C(F)(F)F)CN4)cc2)ncn1)C1CC1. The van der Waals surface area contributed by atoms with Gasteiger partial charge in [-0.3, -0.25) is 4.79 Å². The van der Waals surface area contributed by atoms with Crippen LogP contribution in [-0.2, 0) is 17.8 Å². The maximum atomic E-state index is 13.0. The standard InChI is InChI=1S/C27H27ClF3N5O/c1-36(19-7-8-19)24-12-23(34-15-35-24)17-4-2-16(3-5-17)13-33-25-20-9-6-18(26(37)27(29,30)31)14-32-22(20)11-10-21(25)28/h2-5,10-12,15,18-19,32-33H,6-9,13-14H2,1H3. The van der Waals surface area contributed by atoms with Crippen molar-refractivity contribution >= 4 is 34.6 Å². The summed E-state index contributed by atoms with van der Waals surface area (Å²) < 4.78 is 38.9. The lowest BCUT2D eigenvalue weighted by atomic mass is 9.96. The van der Waals surface area contributed by atoms with E-state index in [1.165, 1.54) is 12.8 Å². The highest BCUT2D eigenvalue weighted by Gasteiger charge is 2.43. The average Bonchev–Trinajstić information content (AvgIpc) is 3.75. The van der Waals surface area contributed by atoms with Gasteiger partial charge in [-0.15, -0.1) is 0 Å². The summed E-state index contributed by atoms with van der Waals surface area (Å²) in [4.78, 5) is 22.8. The van der Waals surface area contributed by atoms with E-state index < -0.39 is 17.9 Å². The Balaban J connectivity index is 1.28. The minimum atomic E-state index is -4.84. The number of carbonyl (C=O) groups excluding carboxylic acids is 1. The van der Waals surface area contributed by atoms with Gasteiger partial charge in [-0.2, -0.15) is 13.2 Å². The van der Waals surface area contributed by atoms with E-state index in [4.69, 9.17) is 11.6 Å². The first-order chi connectivity index (χ1) is 17.7. The van der Waals surface area contributed by atoms with Crippen molar-refractivity contribution in [1.29, 1.82) is 0 Å². The molecule has 1 fully saturated rings. The summed E-state index contributed by atoms with van der Waals surface area (Å²) in [6.07, 6.45) is -0.471. The number of fused-ring (bicyclic) bond motifs is 1. The smallest absolute Gasteiger partial charge is 0.384 e. The molecule has 2 aromatic carbocycles. The van der Waals surface area contributed by atoms with Gasteiger partial charge < -0.3 is 15.5 Å². The predicted molar refractivity (Wildman–Crippen MR) is 139 cm³/mol. The molecule has 194 valence electrons. The molecule has 2 N–H and O–H groups in total. The highest BCUT2D eigenvalue weighted by molar-refractivity contribution is 6.33. The molecule has 1 aliphatic carbocycles. The first kappa shape index (κ1) is 25.3. The third-order valence-corrected chi connectivity index (χ3v) is 7.34. The molecular formula is C27H27ClF3N5O. The number of carbonyl (C=O) groups is 1. The second-order valence-electron chi connectivity index (χ2n) is 9.58. The Kier molecular flexibility index (Phi) is 6.98. The van der Waals surface area contributed by atoms with E-state index in [0.29, 0.717) is 35.4 Å². The molecule has 1 aliphatic heterocycles. The Bertz CT molecular complexity index is 1290. The second kappa shape index (κ2) is 10.2. The van der Waals surface area contributed by atoms with Gasteiger partial charge in [0.15, 0.2) is 0 Å². The van der Waals surface area contributed by atoms with Crippen LogP contribution in [0, 0.1) is 5.92 Å². The van der Waals surface area contributed by atoms with Crippen LogP contribution < -0.4 is 15.5 Å². The van der Waals surface area contributed by atoms with Gasteiger partial charge in [-0.1, -0.05) is 35.9 Å². The Morgan fingerprint density at radius 1 is 1.14 bits per heavy atom. The first-order valence-corrected chi connectivity index (χ1v) is 12.6. The predicted octanol–water partition coefficient (Wildman–Crippen LogP) is 6.11. The van der Waals surface area contributed by atoms with E-state index in [-0.39, 0.29) is 13.0 Å². The fourth-order valence-corrected chi connectivity index (χ4v) is 4.92. The van der Waals surface area contributed by atoms with Gasteiger partial charge in [0.1, 0.15) is 12.1 Å². The quantitative estimate of drug-likeness (QED) is 0.384. The number of hydrogen-bond donors (Lipinski definition) is 2. The summed E-state index contributed by atoms with van der Waals surface area (Å²) in [6.45, 7) is 0.413. The molecule has 1 atom stereocenters. The number of alkyl halides is 3. The highest BCUT2D eigenvalue weighted by atomic mass is 35.5. The van der Waals surface area contributed by atoms with Gasteiger partial charge >= 0.3 is 6.18 Å². The van der Waals surface area contributed by atoms with Crippen LogP contribution in [0.2, 0.25) is 5.02 Å². The molecule has 1 unspecified atom stereocenters. The lowest BCUT2D eigenvalue weighted by Crippen LogP contribution is -2.34. The van der Waals surface area contributed by atoms with Crippen molar-refractivity contribution in [3.8, 4) is 11.3 Å². The van der Waals surface area contributed by atoms with Crippen LogP contribution in [0.5, 0.6) is 0 Å². The van der Waals surface area contributed by atoms with Crippen LogP contribution in [-0.4, -0.2) is 41.6 Å². The third-order valence-electron chi connectivity index (χ3n) is 7.02. The number of benzene rings is 2. The molecule has 2 aliphatic rings. The number of Topliss-reactive ketones (excluding diaryl/α,β-unsaturated/α-hetero) is 1. The summed E-state index contributed by atoms with van der Waals surface area (Å²) >= 11 is 6.47.